The molecular formula is C18H34N2O. The molecule has 122 valence electrons. The Morgan fingerprint density at radius 3 is 2.43 bits per heavy atom. The molecule has 2 atom stereocenters. The van der Waals surface area contributed by atoms with Gasteiger partial charge in [0.25, 0.3) is 0 Å². The number of rotatable bonds is 7. The molecule has 3 nitrogen and oxygen atoms in total. The lowest BCUT2D eigenvalue weighted by atomic mass is 9.89. The molecule has 21 heavy (non-hydrogen) atoms. The molecule has 0 bridgehead atoms. The van der Waals surface area contributed by atoms with Gasteiger partial charge in [0.15, 0.2) is 0 Å². The zero-order chi connectivity index (χ0) is 14.9. The van der Waals surface area contributed by atoms with Crippen LogP contribution in [-0.4, -0.2) is 47.8 Å². The smallest absolute Gasteiger partial charge is 0.0628 e. The molecule has 2 saturated carbocycles. The van der Waals surface area contributed by atoms with Gasteiger partial charge in [-0.25, -0.2) is 0 Å². The highest BCUT2D eigenvalue weighted by Crippen LogP contribution is 2.42. The summed E-state index contributed by atoms with van der Waals surface area (Å²) in [6, 6.07) is 0.688. The van der Waals surface area contributed by atoms with Crippen LogP contribution < -0.4 is 5.32 Å². The summed E-state index contributed by atoms with van der Waals surface area (Å²) in [6.07, 6.45) is 9.30. The van der Waals surface area contributed by atoms with Gasteiger partial charge in [0, 0.05) is 12.6 Å². The van der Waals surface area contributed by atoms with Gasteiger partial charge in [0.2, 0.25) is 0 Å². The Morgan fingerprint density at radius 1 is 1.10 bits per heavy atom. The van der Waals surface area contributed by atoms with E-state index in [1.807, 2.05) is 0 Å². The number of aliphatic hydroxyl groups excluding tert-OH is 1. The van der Waals surface area contributed by atoms with Crippen LogP contribution in [0.3, 0.4) is 0 Å². The van der Waals surface area contributed by atoms with Crippen LogP contribution in [0, 0.1) is 17.8 Å². The third-order valence-electron chi connectivity index (χ3n) is 6.02. The summed E-state index contributed by atoms with van der Waals surface area (Å²) in [5, 5.41) is 13.9. The van der Waals surface area contributed by atoms with Gasteiger partial charge in [0.1, 0.15) is 0 Å². The summed E-state index contributed by atoms with van der Waals surface area (Å²) in [4.78, 5) is 2.65. The molecule has 0 radical (unpaired) electrons. The number of likely N-dealkylation sites (tertiary alicyclic amines) is 1. The van der Waals surface area contributed by atoms with Crippen LogP contribution in [0.2, 0.25) is 0 Å². The first kappa shape index (κ1) is 15.8. The first-order chi connectivity index (χ1) is 10.1. The van der Waals surface area contributed by atoms with Crippen LogP contribution in [0.1, 0.15) is 58.8 Å². The SMILES string of the molecule is CC(C)C1CCCN(CC(CO)(NC2CC2)C2CC2)CC1. The molecule has 0 amide bonds. The van der Waals surface area contributed by atoms with Gasteiger partial charge in [-0.3, -0.25) is 0 Å². The Morgan fingerprint density at radius 2 is 1.86 bits per heavy atom. The van der Waals surface area contributed by atoms with Crippen molar-refractivity contribution in [2.75, 3.05) is 26.2 Å². The lowest BCUT2D eigenvalue weighted by Gasteiger charge is -2.38. The van der Waals surface area contributed by atoms with Gasteiger partial charge in [-0.2, -0.15) is 0 Å². The summed E-state index contributed by atoms with van der Waals surface area (Å²) >= 11 is 0. The van der Waals surface area contributed by atoms with Gasteiger partial charge in [-0.05, 0) is 75.8 Å². The van der Waals surface area contributed by atoms with Crippen molar-refractivity contribution in [2.45, 2.75) is 70.4 Å². The maximum Gasteiger partial charge on any atom is 0.0628 e. The molecule has 2 unspecified atom stereocenters. The second-order valence-electron chi connectivity index (χ2n) is 8.22. The van der Waals surface area contributed by atoms with E-state index in [0.717, 1.165) is 18.4 Å². The normalized spacial score (nSPS) is 31.1. The van der Waals surface area contributed by atoms with Crippen molar-refractivity contribution in [3.8, 4) is 0 Å². The molecular weight excluding hydrogens is 260 g/mol. The van der Waals surface area contributed by atoms with Crippen molar-refractivity contribution < 1.29 is 5.11 Å². The summed E-state index contributed by atoms with van der Waals surface area (Å²) in [6.45, 7) is 8.58. The monoisotopic (exact) mass is 294 g/mol. The molecule has 3 rings (SSSR count). The first-order valence-electron chi connectivity index (χ1n) is 9.24. The number of hydrogen-bond donors (Lipinski definition) is 2. The fourth-order valence-electron chi connectivity index (χ4n) is 4.19. The Labute approximate surface area is 130 Å². The quantitative estimate of drug-likeness (QED) is 0.758. The molecule has 3 aliphatic rings. The highest BCUT2D eigenvalue weighted by Gasteiger charge is 2.48. The summed E-state index contributed by atoms with van der Waals surface area (Å²) in [5.74, 6) is 2.43. The van der Waals surface area contributed by atoms with Gasteiger partial charge in [0.05, 0.1) is 12.1 Å². The third kappa shape index (κ3) is 4.00. The Hall–Kier alpha value is -0.120. The van der Waals surface area contributed by atoms with Crippen molar-refractivity contribution in [3.63, 3.8) is 0 Å². The van der Waals surface area contributed by atoms with Gasteiger partial charge >= 0.3 is 0 Å². The van der Waals surface area contributed by atoms with E-state index < -0.39 is 0 Å². The van der Waals surface area contributed by atoms with E-state index in [4.69, 9.17) is 0 Å². The van der Waals surface area contributed by atoms with Crippen molar-refractivity contribution in [2.24, 2.45) is 17.8 Å². The van der Waals surface area contributed by atoms with Crippen LogP contribution >= 0.6 is 0 Å². The summed E-state index contributed by atoms with van der Waals surface area (Å²) in [5.41, 5.74) is -0.00116. The minimum Gasteiger partial charge on any atom is -0.394 e. The largest absolute Gasteiger partial charge is 0.394 e. The zero-order valence-corrected chi connectivity index (χ0v) is 14.0. The maximum absolute atomic E-state index is 10.1. The number of hydrogen-bond acceptors (Lipinski definition) is 3. The Kier molecular flexibility index (Phi) is 4.92. The molecule has 1 aliphatic heterocycles. The number of aliphatic hydroxyl groups is 1. The lowest BCUT2D eigenvalue weighted by molar-refractivity contribution is 0.0892. The lowest BCUT2D eigenvalue weighted by Crippen LogP contribution is -2.59. The fraction of sp³-hybridized carbons (Fsp3) is 1.00. The molecule has 3 fully saturated rings. The van der Waals surface area contributed by atoms with E-state index in [1.54, 1.807) is 0 Å². The highest BCUT2D eigenvalue weighted by atomic mass is 16.3. The van der Waals surface area contributed by atoms with E-state index in [2.05, 4.69) is 24.1 Å². The molecule has 2 aliphatic carbocycles. The van der Waals surface area contributed by atoms with E-state index in [1.165, 1.54) is 58.0 Å². The zero-order valence-electron chi connectivity index (χ0n) is 14.0. The van der Waals surface area contributed by atoms with Crippen molar-refractivity contribution in [3.05, 3.63) is 0 Å². The standard InChI is InChI=1S/C18H34N2O/c1-14(2)15-4-3-10-20(11-9-15)12-18(13-21,16-5-6-16)19-17-7-8-17/h14-17,19,21H,3-13H2,1-2H3. The van der Waals surface area contributed by atoms with Gasteiger partial charge in [-0.15, -0.1) is 0 Å². The van der Waals surface area contributed by atoms with E-state index in [0.29, 0.717) is 18.6 Å². The van der Waals surface area contributed by atoms with Gasteiger partial charge < -0.3 is 15.3 Å². The highest BCUT2D eigenvalue weighted by molar-refractivity contribution is 5.06. The molecule has 3 heteroatoms. The Bertz CT molecular complexity index is 338. The van der Waals surface area contributed by atoms with Crippen LogP contribution in [0.25, 0.3) is 0 Å². The molecule has 2 N–H and O–H groups in total. The Balaban J connectivity index is 1.59. The van der Waals surface area contributed by atoms with E-state index in [9.17, 15) is 5.11 Å². The minimum atomic E-state index is -0.00116. The van der Waals surface area contributed by atoms with Crippen LogP contribution in [0.4, 0.5) is 0 Å². The molecule has 0 aromatic rings. The fourth-order valence-corrected chi connectivity index (χ4v) is 4.19. The average Bonchev–Trinajstić information content (AvgIpc) is 3.29. The average molecular weight is 294 g/mol. The molecule has 0 aromatic heterocycles. The molecule has 1 saturated heterocycles. The van der Waals surface area contributed by atoms with Crippen molar-refractivity contribution in [1.82, 2.24) is 10.2 Å². The first-order valence-corrected chi connectivity index (χ1v) is 9.24. The topological polar surface area (TPSA) is 35.5 Å². The molecule has 0 aromatic carbocycles. The second-order valence-corrected chi connectivity index (χ2v) is 8.22. The van der Waals surface area contributed by atoms with Crippen LogP contribution in [0.5, 0.6) is 0 Å². The summed E-state index contributed by atoms with van der Waals surface area (Å²) in [7, 11) is 0. The number of nitrogens with one attached hydrogen (secondary N) is 1. The maximum atomic E-state index is 10.1. The van der Waals surface area contributed by atoms with Crippen molar-refractivity contribution >= 4 is 0 Å². The third-order valence-corrected chi connectivity index (χ3v) is 6.02. The predicted molar refractivity (Wildman–Crippen MR) is 87.3 cm³/mol. The van der Waals surface area contributed by atoms with Crippen LogP contribution in [0.15, 0.2) is 0 Å². The van der Waals surface area contributed by atoms with Crippen molar-refractivity contribution in [1.29, 1.82) is 0 Å². The van der Waals surface area contributed by atoms with Crippen LogP contribution in [-0.2, 0) is 0 Å². The van der Waals surface area contributed by atoms with Gasteiger partial charge in [-0.1, -0.05) is 13.8 Å². The summed E-state index contributed by atoms with van der Waals surface area (Å²) < 4.78 is 0. The molecule has 1 heterocycles. The van der Waals surface area contributed by atoms with E-state index in [-0.39, 0.29) is 5.54 Å². The molecule has 0 spiro atoms. The second kappa shape index (κ2) is 6.55. The predicted octanol–water partition coefficient (Wildman–Crippen LogP) is 2.64. The van der Waals surface area contributed by atoms with E-state index >= 15 is 0 Å². The minimum absolute atomic E-state index is 0.00116. The number of nitrogens with zero attached hydrogens (tertiary/aromatic N) is 1.